The van der Waals surface area contributed by atoms with E-state index < -0.39 is 0 Å². The maximum absolute atomic E-state index is 13.4. The number of hydrogen-bond donors (Lipinski definition) is 0. The van der Waals surface area contributed by atoms with Gasteiger partial charge in [-0.3, -0.25) is 14.5 Å². The smallest absolute Gasteiger partial charge is 0.241 e. The average Bonchev–Trinajstić information content (AvgIpc) is 3.26. The molecule has 2 aromatic rings. The quantitative estimate of drug-likeness (QED) is 0.715. The van der Waals surface area contributed by atoms with E-state index in [0.29, 0.717) is 6.54 Å². The summed E-state index contributed by atoms with van der Waals surface area (Å²) in [6.07, 6.45) is 1.82. The van der Waals surface area contributed by atoms with E-state index >= 15 is 0 Å². The van der Waals surface area contributed by atoms with E-state index in [1.165, 1.54) is 0 Å². The maximum Gasteiger partial charge on any atom is 0.241 e. The van der Waals surface area contributed by atoms with Crippen LogP contribution in [0.4, 0.5) is 5.69 Å². The van der Waals surface area contributed by atoms with Crippen LogP contribution in [0.3, 0.4) is 0 Å². The summed E-state index contributed by atoms with van der Waals surface area (Å²) in [5.41, 5.74) is 1.98. The molecule has 0 saturated carbocycles. The van der Waals surface area contributed by atoms with E-state index in [-0.39, 0.29) is 24.4 Å². The molecule has 2 aliphatic heterocycles. The van der Waals surface area contributed by atoms with E-state index in [4.69, 9.17) is 0 Å². The molecule has 5 nitrogen and oxygen atoms in total. The number of benzene rings is 2. The minimum absolute atomic E-state index is 0.0407. The van der Waals surface area contributed by atoms with Crippen molar-refractivity contribution in [3.63, 3.8) is 0 Å². The van der Waals surface area contributed by atoms with Crippen molar-refractivity contribution >= 4 is 29.3 Å². The summed E-state index contributed by atoms with van der Waals surface area (Å²) in [5, 5.41) is 0. The summed E-state index contributed by atoms with van der Waals surface area (Å²) in [4.78, 5) is 32.4. The predicted molar refractivity (Wildman–Crippen MR) is 123 cm³/mol. The molecule has 4 rings (SSSR count). The zero-order valence-corrected chi connectivity index (χ0v) is 18.1. The molecule has 2 amide bonds. The first-order chi connectivity index (χ1) is 14.7. The van der Waals surface area contributed by atoms with Crippen molar-refractivity contribution in [2.45, 2.75) is 25.4 Å². The topological polar surface area (TPSA) is 43.9 Å². The summed E-state index contributed by atoms with van der Waals surface area (Å²) in [6.45, 7) is 3.26. The van der Waals surface area contributed by atoms with E-state index in [2.05, 4.69) is 4.90 Å². The van der Waals surface area contributed by atoms with Crippen molar-refractivity contribution in [3.05, 3.63) is 66.2 Å². The van der Waals surface area contributed by atoms with Gasteiger partial charge in [0.2, 0.25) is 11.8 Å². The second-order valence-corrected chi connectivity index (χ2v) is 9.09. The predicted octanol–water partition coefficient (Wildman–Crippen LogP) is 3.26. The molecule has 2 heterocycles. The summed E-state index contributed by atoms with van der Waals surface area (Å²) in [6, 6.07) is 19.7. The largest absolute Gasteiger partial charge is 0.340 e. The summed E-state index contributed by atoms with van der Waals surface area (Å²) < 4.78 is 0. The van der Waals surface area contributed by atoms with Gasteiger partial charge >= 0.3 is 0 Å². The van der Waals surface area contributed by atoms with Crippen LogP contribution in [-0.4, -0.2) is 65.3 Å². The molecule has 0 spiro atoms. The van der Waals surface area contributed by atoms with Gasteiger partial charge in [-0.2, -0.15) is 11.8 Å². The van der Waals surface area contributed by atoms with Crippen LogP contribution < -0.4 is 4.90 Å². The SMILES string of the molecule is O=C(C1CCCN1CC(=O)N(Cc1ccccc1)c1ccccc1)N1CCSCC1. The number of carbonyl (C=O) groups is 2. The zero-order chi connectivity index (χ0) is 20.8. The van der Waals surface area contributed by atoms with Gasteiger partial charge in [-0.05, 0) is 37.1 Å². The number of rotatable bonds is 6. The Hall–Kier alpha value is -2.31. The average molecular weight is 424 g/mol. The minimum atomic E-state index is -0.161. The molecule has 0 N–H and O–H groups in total. The van der Waals surface area contributed by atoms with Crippen LogP contribution in [0, 0.1) is 0 Å². The monoisotopic (exact) mass is 423 g/mol. The van der Waals surface area contributed by atoms with Crippen LogP contribution in [-0.2, 0) is 16.1 Å². The van der Waals surface area contributed by atoms with Crippen LogP contribution >= 0.6 is 11.8 Å². The lowest BCUT2D eigenvalue weighted by molar-refractivity contribution is -0.136. The van der Waals surface area contributed by atoms with Gasteiger partial charge in [0.25, 0.3) is 0 Å². The lowest BCUT2D eigenvalue weighted by atomic mass is 10.1. The van der Waals surface area contributed by atoms with E-state index in [1.54, 1.807) is 0 Å². The van der Waals surface area contributed by atoms with Crippen LogP contribution in [0.1, 0.15) is 18.4 Å². The highest BCUT2D eigenvalue weighted by Gasteiger charge is 2.35. The van der Waals surface area contributed by atoms with Gasteiger partial charge in [-0.1, -0.05) is 48.5 Å². The van der Waals surface area contributed by atoms with Gasteiger partial charge in [0, 0.05) is 30.3 Å². The van der Waals surface area contributed by atoms with Crippen LogP contribution in [0.25, 0.3) is 0 Å². The Morgan fingerprint density at radius 2 is 1.60 bits per heavy atom. The third-order valence-electron chi connectivity index (χ3n) is 5.86. The molecule has 1 unspecified atom stereocenters. The van der Waals surface area contributed by atoms with E-state index in [9.17, 15) is 9.59 Å². The van der Waals surface area contributed by atoms with Gasteiger partial charge in [0.15, 0.2) is 0 Å². The first kappa shape index (κ1) is 20.9. The fraction of sp³-hybridized carbons (Fsp3) is 0.417. The van der Waals surface area contributed by atoms with Gasteiger partial charge < -0.3 is 9.80 Å². The third-order valence-corrected chi connectivity index (χ3v) is 6.80. The molecule has 6 heteroatoms. The molecule has 2 saturated heterocycles. The summed E-state index contributed by atoms with van der Waals surface area (Å²) >= 11 is 1.90. The normalized spacial score (nSPS) is 19.6. The van der Waals surface area contributed by atoms with Crippen molar-refractivity contribution in [1.29, 1.82) is 0 Å². The molecular weight excluding hydrogens is 394 g/mol. The molecular formula is C24H29N3O2S. The zero-order valence-electron chi connectivity index (χ0n) is 17.3. The number of thioether (sulfide) groups is 1. The first-order valence-corrected chi connectivity index (χ1v) is 11.9. The van der Waals surface area contributed by atoms with Crippen molar-refractivity contribution in [1.82, 2.24) is 9.80 Å². The Kier molecular flexibility index (Phi) is 7.07. The molecule has 0 aromatic heterocycles. The minimum Gasteiger partial charge on any atom is -0.340 e. The number of amides is 2. The molecule has 30 heavy (non-hydrogen) atoms. The Balaban J connectivity index is 1.47. The molecule has 1 atom stereocenters. The first-order valence-electron chi connectivity index (χ1n) is 10.7. The highest BCUT2D eigenvalue weighted by atomic mass is 32.2. The van der Waals surface area contributed by atoms with Gasteiger partial charge in [-0.15, -0.1) is 0 Å². The van der Waals surface area contributed by atoms with Crippen molar-refractivity contribution in [2.24, 2.45) is 0 Å². The van der Waals surface area contributed by atoms with Gasteiger partial charge in [0.1, 0.15) is 0 Å². The molecule has 158 valence electrons. The van der Waals surface area contributed by atoms with Gasteiger partial charge in [0.05, 0.1) is 19.1 Å². The molecule has 2 fully saturated rings. The van der Waals surface area contributed by atoms with Crippen molar-refractivity contribution < 1.29 is 9.59 Å². The van der Waals surface area contributed by atoms with Gasteiger partial charge in [-0.25, -0.2) is 0 Å². The third kappa shape index (κ3) is 5.05. The lowest BCUT2D eigenvalue weighted by Gasteiger charge is -2.33. The highest BCUT2D eigenvalue weighted by Crippen LogP contribution is 2.23. The van der Waals surface area contributed by atoms with Crippen molar-refractivity contribution in [2.75, 3.05) is 42.6 Å². The lowest BCUT2D eigenvalue weighted by Crippen LogP contribution is -2.51. The van der Waals surface area contributed by atoms with E-state index in [1.807, 2.05) is 82.2 Å². The van der Waals surface area contributed by atoms with Crippen LogP contribution in [0.15, 0.2) is 60.7 Å². The maximum atomic E-state index is 13.4. The second kappa shape index (κ2) is 10.1. The number of para-hydroxylation sites is 1. The number of carbonyl (C=O) groups excluding carboxylic acids is 2. The fourth-order valence-corrected chi connectivity index (χ4v) is 5.15. The van der Waals surface area contributed by atoms with E-state index in [0.717, 1.165) is 55.2 Å². The Morgan fingerprint density at radius 1 is 0.933 bits per heavy atom. The molecule has 0 bridgehead atoms. The Labute approximate surface area is 183 Å². The van der Waals surface area contributed by atoms with Crippen molar-refractivity contribution in [3.8, 4) is 0 Å². The highest BCUT2D eigenvalue weighted by molar-refractivity contribution is 7.99. The summed E-state index contributed by atoms with van der Waals surface area (Å²) in [5.74, 6) is 2.26. The van der Waals surface area contributed by atoms with Crippen LogP contribution in [0.5, 0.6) is 0 Å². The van der Waals surface area contributed by atoms with Crippen LogP contribution in [0.2, 0.25) is 0 Å². The summed E-state index contributed by atoms with van der Waals surface area (Å²) in [7, 11) is 0. The molecule has 2 aliphatic rings. The molecule has 0 aliphatic carbocycles. The fourth-order valence-electron chi connectivity index (χ4n) is 4.25. The second-order valence-electron chi connectivity index (χ2n) is 7.87. The Bertz CT molecular complexity index is 840. The standard InChI is InChI=1S/C24H29N3O2S/c28-23(19-26-13-7-12-22(26)24(29)25-14-16-30-17-15-25)27(21-10-5-2-6-11-21)18-20-8-3-1-4-9-20/h1-6,8-11,22H,7,12-19H2. The molecule has 0 radical (unpaired) electrons. The number of likely N-dealkylation sites (tertiary alicyclic amines) is 1. The number of nitrogens with zero attached hydrogens (tertiary/aromatic N) is 3. The Morgan fingerprint density at radius 3 is 2.30 bits per heavy atom. The number of anilines is 1. The number of hydrogen-bond acceptors (Lipinski definition) is 4. The molecule has 2 aromatic carbocycles.